The van der Waals surface area contributed by atoms with Gasteiger partial charge in [0.15, 0.2) is 10.8 Å². The molecule has 5 nitrogen and oxygen atoms in total. The number of aromatic nitrogens is 2. The standard InChI is InChI=1S/C13H20N4OS/c1-13(2)9-16(4-6-18-13)11-10(8-14-3)17-5-7-19-12(17)15-11/h5,7,14H,4,6,8-9H2,1-3H3. The SMILES string of the molecule is CNCc1c(N2CCOC(C)(C)C2)nc2sccn12. The Kier molecular flexibility index (Phi) is 3.24. The monoisotopic (exact) mass is 280 g/mol. The number of ether oxygens (including phenoxy) is 1. The van der Waals surface area contributed by atoms with E-state index in [1.165, 1.54) is 5.69 Å². The number of fused-ring (bicyclic) bond motifs is 1. The van der Waals surface area contributed by atoms with Gasteiger partial charge >= 0.3 is 0 Å². The summed E-state index contributed by atoms with van der Waals surface area (Å²) in [4.78, 5) is 8.20. The van der Waals surface area contributed by atoms with Gasteiger partial charge in [0, 0.05) is 31.2 Å². The smallest absolute Gasteiger partial charge is 0.195 e. The molecule has 3 heterocycles. The number of hydrogen-bond donors (Lipinski definition) is 1. The Morgan fingerprint density at radius 1 is 1.53 bits per heavy atom. The maximum Gasteiger partial charge on any atom is 0.195 e. The van der Waals surface area contributed by atoms with Crippen LogP contribution in [-0.4, -0.2) is 41.7 Å². The van der Waals surface area contributed by atoms with Crippen molar-refractivity contribution in [3.8, 4) is 0 Å². The van der Waals surface area contributed by atoms with Crippen LogP contribution in [0.4, 0.5) is 5.82 Å². The topological polar surface area (TPSA) is 41.8 Å². The third-order valence-electron chi connectivity index (χ3n) is 3.41. The average Bonchev–Trinajstić information content (AvgIpc) is 2.90. The number of thiazole rings is 1. The van der Waals surface area contributed by atoms with Gasteiger partial charge in [0.1, 0.15) is 0 Å². The molecule has 6 heteroatoms. The number of nitrogens with one attached hydrogen (secondary N) is 1. The van der Waals surface area contributed by atoms with Gasteiger partial charge in [-0.2, -0.15) is 0 Å². The maximum atomic E-state index is 5.78. The summed E-state index contributed by atoms with van der Waals surface area (Å²) in [7, 11) is 1.97. The predicted octanol–water partition coefficient (Wildman–Crippen LogP) is 1.73. The van der Waals surface area contributed by atoms with Crippen molar-refractivity contribution in [3.05, 3.63) is 17.3 Å². The van der Waals surface area contributed by atoms with Crippen molar-refractivity contribution < 1.29 is 4.74 Å². The van der Waals surface area contributed by atoms with E-state index in [-0.39, 0.29) is 5.60 Å². The van der Waals surface area contributed by atoms with Crippen molar-refractivity contribution in [1.29, 1.82) is 0 Å². The molecule has 2 aromatic rings. The van der Waals surface area contributed by atoms with Gasteiger partial charge in [-0.1, -0.05) is 0 Å². The molecule has 1 aliphatic heterocycles. The molecule has 2 aromatic heterocycles. The Balaban J connectivity index is 1.99. The molecule has 0 bridgehead atoms. The molecule has 104 valence electrons. The zero-order valence-electron chi connectivity index (χ0n) is 11.6. The fraction of sp³-hybridized carbons (Fsp3) is 0.615. The van der Waals surface area contributed by atoms with Crippen LogP contribution in [0.15, 0.2) is 11.6 Å². The van der Waals surface area contributed by atoms with E-state index in [1.807, 2.05) is 7.05 Å². The minimum absolute atomic E-state index is 0.105. The summed E-state index contributed by atoms with van der Waals surface area (Å²) >= 11 is 1.68. The average molecular weight is 280 g/mol. The van der Waals surface area contributed by atoms with Crippen LogP contribution in [-0.2, 0) is 11.3 Å². The van der Waals surface area contributed by atoms with Crippen molar-refractivity contribution in [1.82, 2.24) is 14.7 Å². The first-order valence-electron chi connectivity index (χ1n) is 6.59. The lowest BCUT2D eigenvalue weighted by Crippen LogP contribution is -2.48. The van der Waals surface area contributed by atoms with E-state index in [0.717, 1.165) is 37.0 Å². The minimum atomic E-state index is -0.105. The first-order chi connectivity index (χ1) is 9.11. The Hall–Kier alpha value is -1.11. The number of hydrogen-bond acceptors (Lipinski definition) is 5. The van der Waals surface area contributed by atoms with Crippen molar-refractivity contribution in [2.24, 2.45) is 0 Å². The number of nitrogens with zero attached hydrogens (tertiary/aromatic N) is 3. The fourth-order valence-electron chi connectivity index (χ4n) is 2.60. The molecule has 0 radical (unpaired) electrons. The minimum Gasteiger partial charge on any atom is -0.372 e. The van der Waals surface area contributed by atoms with Crippen LogP contribution in [0.3, 0.4) is 0 Å². The molecular formula is C13H20N4OS. The molecule has 0 aromatic carbocycles. The van der Waals surface area contributed by atoms with Gasteiger partial charge in [0.2, 0.25) is 0 Å². The van der Waals surface area contributed by atoms with Gasteiger partial charge in [0.25, 0.3) is 0 Å². The second-order valence-electron chi connectivity index (χ2n) is 5.50. The molecule has 0 spiro atoms. The number of anilines is 1. The number of rotatable bonds is 3. The van der Waals surface area contributed by atoms with Gasteiger partial charge in [-0.25, -0.2) is 4.98 Å². The van der Waals surface area contributed by atoms with Gasteiger partial charge in [0.05, 0.1) is 17.9 Å². The lowest BCUT2D eigenvalue weighted by Gasteiger charge is -2.38. The van der Waals surface area contributed by atoms with Crippen LogP contribution in [0.1, 0.15) is 19.5 Å². The van der Waals surface area contributed by atoms with E-state index < -0.39 is 0 Å². The van der Waals surface area contributed by atoms with Gasteiger partial charge in [-0.3, -0.25) is 4.40 Å². The Morgan fingerprint density at radius 3 is 3.11 bits per heavy atom. The highest BCUT2D eigenvalue weighted by Gasteiger charge is 2.30. The summed E-state index contributed by atoms with van der Waals surface area (Å²) in [6, 6.07) is 0. The molecule has 1 saturated heterocycles. The van der Waals surface area contributed by atoms with Crippen LogP contribution in [0.2, 0.25) is 0 Å². The van der Waals surface area contributed by atoms with Crippen LogP contribution in [0.25, 0.3) is 4.96 Å². The molecule has 0 atom stereocenters. The second-order valence-corrected chi connectivity index (χ2v) is 6.37. The van der Waals surface area contributed by atoms with E-state index in [0.29, 0.717) is 0 Å². The molecule has 0 aliphatic carbocycles. The fourth-order valence-corrected chi connectivity index (χ4v) is 3.33. The summed E-state index contributed by atoms with van der Waals surface area (Å²) in [6.45, 7) is 7.65. The van der Waals surface area contributed by atoms with Crippen LogP contribution >= 0.6 is 11.3 Å². The van der Waals surface area contributed by atoms with E-state index in [4.69, 9.17) is 9.72 Å². The van der Waals surface area contributed by atoms with Crippen molar-refractivity contribution in [2.45, 2.75) is 26.0 Å². The third-order valence-corrected chi connectivity index (χ3v) is 4.17. The summed E-state index contributed by atoms with van der Waals surface area (Å²) < 4.78 is 7.96. The van der Waals surface area contributed by atoms with Crippen molar-refractivity contribution >= 4 is 22.1 Å². The normalized spacial score (nSPS) is 19.2. The zero-order valence-corrected chi connectivity index (χ0v) is 12.5. The third kappa shape index (κ3) is 2.35. The molecule has 19 heavy (non-hydrogen) atoms. The lowest BCUT2D eigenvalue weighted by molar-refractivity contribution is -0.0279. The highest BCUT2D eigenvalue weighted by atomic mass is 32.1. The first-order valence-corrected chi connectivity index (χ1v) is 7.46. The number of imidazole rings is 1. The maximum absolute atomic E-state index is 5.78. The zero-order chi connectivity index (χ0) is 13.5. The summed E-state index contributed by atoms with van der Waals surface area (Å²) in [5.74, 6) is 1.09. The molecule has 1 N–H and O–H groups in total. The Bertz CT molecular complexity index is 574. The summed E-state index contributed by atoms with van der Waals surface area (Å²) in [5.41, 5.74) is 1.13. The molecule has 1 aliphatic rings. The number of morpholine rings is 1. The van der Waals surface area contributed by atoms with E-state index >= 15 is 0 Å². The first kappa shape index (κ1) is 12.9. The highest BCUT2D eigenvalue weighted by Crippen LogP contribution is 2.28. The van der Waals surface area contributed by atoms with Crippen molar-refractivity contribution in [2.75, 3.05) is 31.6 Å². The van der Waals surface area contributed by atoms with Crippen LogP contribution < -0.4 is 10.2 Å². The summed E-state index contributed by atoms with van der Waals surface area (Å²) in [5, 5.41) is 5.32. The van der Waals surface area contributed by atoms with Crippen molar-refractivity contribution in [3.63, 3.8) is 0 Å². The van der Waals surface area contributed by atoms with E-state index in [1.54, 1.807) is 11.3 Å². The van der Waals surface area contributed by atoms with E-state index in [2.05, 4.69) is 40.0 Å². The second kappa shape index (κ2) is 4.77. The summed E-state index contributed by atoms with van der Waals surface area (Å²) in [6.07, 6.45) is 2.09. The Morgan fingerprint density at radius 2 is 2.37 bits per heavy atom. The van der Waals surface area contributed by atoms with Crippen LogP contribution in [0, 0.1) is 0 Å². The van der Waals surface area contributed by atoms with Gasteiger partial charge in [-0.15, -0.1) is 11.3 Å². The van der Waals surface area contributed by atoms with Crippen LogP contribution in [0.5, 0.6) is 0 Å². The predicted molar refractivity (Wildman–Crippen MR) is 78.1 cm³/mol. The highest BCUT2D eigenvalue weighted by molar-refractivity contribution is 7.15. The molecular weight excluding hydrogens is 260 g/mol. The molecule has 1 fully saturated rings. The molecule has 0 saturated carbocycles. The van der Waals surface area contributed by atoms with Gasteiger partial charge < -0.3 is 15.0 Å². The Labute approximate surface area is 117 Å². The lowest BCUT2D eigenvalue weighted by atomic mass is 10.1. The largest absolute Gasteiger partial charge is 0.372 e. The molecule has 0 unspecified atom stereocenters. The quantitative estimate of drug-likeness (QED) is 0.930. The molecule has 0 amide bonds. The molecule has 3 rings (SSSR count). The van der Waals surface area contributed by atoms with E-state index in [9.17, 15) is 0 Å². The van der Waals surface area contributed by atoms with Gasteiger partial charge in [-0.05, 0) is 20.9 Å².